The van der Waals surface area contributed by atoms with Gasteiger partial charge in [-0.3, -0.25) is 14.5 Å². The number of carbonyl (C=O) groups is 1. The van der Waals surface area contributed by atoms with Crippen LogP contribution in [0, 0.1) is 13.8 Å². The van der Waals surface area contributed by atoms with Gasteiger partial charge in [-0.15, -0.1) is 0 Å². The topological polar surface area (TPSA) is 96.8 Å². The number of amides is 1. The van der Waals surface area contributed by atoms with Gasteiger partial charge in [0.25, 0.3) is 0 Å². The first-order valence-corrected chi connectivity index (χ1v) is 9.13. The van der Waals surface area contributed by atoms with Crippen LogP contribution >= 0.6 is 0 Å². The fourth-order valence-corrected chi connectivity index (χ4v) is 3.40. The third kappa shape index (κ3) is 3.68. The summed E-state index contributed by atoms with van der Waals surface area (Å²) < 4.78 is 1.43. The number of nitrogens with one attached hydrogen (secondary N) is 1. The fourth-order valence-electron chi connectivity index (χ4n) is 3.40. The number of aromatic nitrogens is 5. The van der Waals surface area contributed by atoms with E-state index in [4.69, 9.17) is 0 Å². The van der Waals surface area contributed by atoms with Crippen molar-refractivity contribution in [2.45, 2.75) is 65.5 Å². The molecular weight excluding hydrogens is 332 g/mol. The maximum Gasteiger partial charge on any atom is 0.348 e. The summed E-state index contributed by atoms with van der Waals surface area (Å²) in [5.74, 6) is 1.63. The molecule has 140 valence electrons. The van der Waals surface area contributed by atoms with Crippen LogP contribution in [0.25, 0.3) is 0 Å². The lowest BCUT2D eigenvalue weighted by atomic mass is 10.0. The second-order valence-electron chi connectivity index (χ2n) is 7.24. The van der Waals surface area contributed by atoms with Crippen molar-refractivity contribution >= 4 is 5.91 Å². The van der Waals surface area contributed by atoms with Gasteiger partial charge in [-0.25, -0.2) is 9.78 Å². The Hall–Kier alpha value is -2.51. The van der Waals surface area contributed by atoms with Crippen LogP contribution in [-0.2, 0) is 11.3 Å². The van der Waals surface area contributed by atoms with Crippen molar-refractivity contribution in [3.05, 3.63) is 39.6 Å². The van der Waals surface area contributed by atoms with Crippen molar-refractivity contribution in [2.75, 3.05) is 6.54 Å². The summed E-state index contributed by atoms with van der Waals surface area (Å²) in [5, 5.41) is 7.27. The average molecular weight is 358 g/mol. The third-order valence-electron chi connectivity index (χ3n) is 4.81. The van der Waals surface area contributed by atoms with Crippen LogP contribution in [0.4, 0.5) is 0 Å². The second-order valence-corrected chi connectivity index (χ2v) is 7.24. The van der Waals surface area contributed by atoms with Crippen molar-refractivity contribution in [1.82, 2.24) is 29.6 Å². The van der Waals surface area contributed by atoms with Gasteiger partial charge < -0.3 is 4.90 Å². The summed E-state index contributed by atoms with van der Waals surface area (Å²) in [7, 11) is 0. The molecule has 1 unspecified atom stereocenters. The van der Waals surface area contributed by atoms with Crippen LogP contribution in [0.1, 0.15) is 68.1 Å². The Morgan fingerprint density at radius 3 is 2.73 bits per heavy atom. The van der Waals surface area contributed by atoms with Crippen molar-refractivity contribution in [3.63, 3.8) is 0 Å². The van der Waals surface area contributed by atoms with Gasteiger partial charge in [-0.2, -0.15) is 10.1 Å². The molecule has 0 spiro atoms. The number of piperidine rings is 1. The van der Waals surface area contributed by atoms with Gasteiger partial charge in [0, 0.05) is 23.9 Å². The van der Waals surface area contributed by atoms with Crippen molar-refractivity contribution in [2.24, 2.45) is 0 Å². The summed E-state index contributed by atoms with van der Waals surface area (Å²) in [6.45, 7) is 8.33. The normalized spacial score (nSPS) is 17.7. The second kappa shape index (κ2) is 7.39. The molecule has 1 atom stereocenters. The minimum Gasteiger partial charge on any atom is -0.331 e. The van der Waals surface area contributed by atoms with Gasteiger partial charge in [0.1, 0.15) is 12.4 Å². The van der Waals surface area contributed by atoms with Crippen molar-refractivity contribution < 1.29 is 4.79 Å². The van der Waals surface area contributed by atoms with Crippen LogP contribution < -0.4 is 5.69 Å². The highest BCUT2D eigenvalue weighted by molar-refractivity contribution is 5.76. The number of aromatic amines is 1. The Balaban J connectivity index is 1.83. The molecule has 1 amide bonds. The molecule has 1 aliphatic rings. The highest BCUT2D eigenvalue weighted by atomic mass is 16.2. The highest BCUT2D eigenvalue weighted by Crippen LogP contribution is 2.29. The van der Waals surface area contributed by atoms with Crippen LogP contribution in [0.15, 0.2) is 10.9 Å². The lowest BCUT2D eigenvalue weighted by Crippen LogP contribution is -2.42. The molecule has 3 rings (SSSR count). The first-order valence-electron chi connectivity index (χ1n) is 9.13. The standard InChI is InChI=1S/C18H26N6O2/c1-11(2)16-20-17(22-21-16)14-7-5-6-8-23(14)15(25)10-24-13(4)9-12(3)19-18(24)26/h9,11,14H,5-8,10H2,1-4H3,(H,20,21,22). The number of likely N-dealkylation sites (tertiary alicyclic amines) is 1. The van der Waals surface area contributed by atoms with Gasteiger partial charge in [-0.1, -0.05) is 13.8 Å². The predicted molar refractivity (Wildman–Crippen MR) is 96.7 cm³/mol. The minimum absolute atomic E-state index is 0.000375. The molecule has 0 aromatic carbocycles. The number of aryl methyl sites for hydroxylation is 2. The zero-order valence-corrected chi connectivity index (χ0v) is 15.8. The molecule has 8 nitrogen and oxygen atoms in total. The molecule has 8 heteroatoms. The van der Waals surface area contributed by atoms with Gasteiger partial charge in [0.2, 0.25) is 5.91 Å². The van der Waals surface area contributed by atoms with Crippen molar-refractivity contribution in [1.29, 1.82) is 0 Å². The Kier molecular flexibility index (Phi) is 5.20. The summed E-state index contributed by atoms with van der Waals surface area (Å²) in [4.78, 5) is 35.5. The Morgan fingerprint density at radius 2 is 2.08 bits per heavy atom. The highest BCUT2D eigenvalue weighted by Gasteiger charge is 2.31. The molecule has 2 aromatic rings. The van der Waals surface area contributed by atoms with Gasteiger partial charge in [0.05, 0.1) is 6.04 Å². The molecule has 1 saturated heterocycles. The van der Waals surface area contributed by atoms with E-state index >= 15 is 0 Å². The smallest absolute Gasteiger partial charge is 0.331 e. The van der Waals surface area contributed by atoms with E-state index in [1.54, 1.807) is 6.92 Å². The van der Waals surface area contributed by atoms with Crippen LogP contribution in [-0.4, -0.2) is 42.1 Å². The van der Waals surface area contributed by atoms with Crippen LogP contribution in [0.3, 0.4) is 0 Å². The van der Waals surface area contributed by atoms with E-state index in [2.05, 4.69) is 20.2 Å². The molecule has 0 saturated carbocycles. The summed E-state index contributed by atoms with van der Waals surface area (Å²) in [5.41, 5.74) is 1.02. The van der Waals surface area contributed by atoms with E-state index in [0.717, 1.165) is 36.6 Å². The quantitative estimate of drug-likeness (QED) is 0.900. The molecule has 3 heterocycles. The van der Waals surface area contributed by atoms with E-state index in [9.17, 15) is 9.59 Å². The third-order valence-corrected chi connectivity index (χ3v) is 4.81. The Morgan fingerprint density at radius 1 is 1.31 bits per heavy atom. The lowest BCUT2D eigenvalue weighted by molar-refractivity contribution is -0.136. The van der Waals surface area contributed by atoms with E-state index in [0.29, 0.717) is 12.2 Å². The first-order chi connectivity index (χ1) is 12.4. The molecule has 0 bridgehead atoms. The monoisotopic (exact) mass is 358 g/mol. The minimum atomic E-state index is -0.383. The van der Waals surface area contributed by atoms with E-state index in [-0.39, 0.29) is 30.1 Å². The van der Waals surface area contributed by atoms with Gasteiger partial charge in [0.15, 0.2) is 5.82 Å². The molecule has 26 heavy (non-hydrogen) atoms. The molecule has 2 aromatic heterocycles. The number of nitrogens with zero attached hydrogens (tertiary/aromatic N) is 5. The molecule has 0 aliphatic carbocycles. The molecule has 1 fully saturated rings. The number of H-pyrrole nitrogens is 1. The van der Waals surface area contributed by atoms with Gasteiger partial charge >= 0.3 is 5.69 Å². The number of rotatable bonds is 4. The van der Waals surface area contributed by atoms with Gasteiger partial charge in [-0.05, 0) is 39.2 Å². The van der Waals surface area contributed by atoms with E-state index < -0.39 is 0 Å². The fraction of sp³-hybridized carbons (Fsp3) is 0.611. The van der Waals surface area contributed by atoms with Crippen LogP contribution in [0.5, 0.6) is 0 Å². The summed E-state index contributed by atoms with van der Waals surface area (Å²) >= 11 is 0. The SMILES string of the molecule is Cc1cc(C)n(CC(=O)N2CCCCC2c2nc(C(C)C)n[nH]2)c(=O)n1. The summed E-state index contributed by atoms with van der Waals surface area (Å²) in [6, 6.07) is 1.69. The van der Waals surface area contributed by atoms with E-state index in [1.807, 2.05) is 31.7 Å². The van der Waals surface area contributed by atoms with Crippen molar-refractivity contribution in [3.8, 4) is 0 Å². The van der Waals surface area contributed by atoms with Crippen LogP contribution in [0.2, 0.25) is 0 Å². The number of carbonyl (C=O) groups excluding carboxylic acids is 1. The zero-order chi connectivity index (χ0) is 18.8. The lowest BCUT2D eigenvalue weighted by Gasteiger charge is -2.34. The predicted octanol–water partition coefficient (Wildman–Crippen LogP) is 1.86. The molecule has 1 aliphatic heterocycles. The first kappa shape index (κ1) is 18.3. The zero-order valence-electron chi connectivity index (χ0n) is 15.8. The molecule has 0 radical (unpaired) electrons. The van der Waals surface area contributed by atoms with E-state index in [1.165, 1.54) is 4.57 Å². The Bertz CT molecular complexity index is 854. The number of hydrogen-bond donors (Lipinski definition) is 1. The maximum absolute atomic E-state index is 13.0. The molecule has 1 N–H and O–H groups in total. The molecular formula is C18H26N6O2. The average Bonchev–Trinajstić information content (AvgIpc) is 3.08. The largest absolute Gasteiger partial charge is 0.348 e. The maximum atomic E-state index is 13.0. The number of hydrogen-bond acceptors (Lipinski definition) is 5. The summed E-state index contributed by atoms with van der Waals surface area (Å²) in [6.07, 6.45) is 2.84. The Labute approximate surface area is 152 Å².